The average Bonchev–Trinajstić information content (AvgIpc) is 2.68. The van der Waals surface area contributed by atoms with Gasteiger partial charge in [-0.25, -0.2) is 13.9 Å². The minimum atomic E-state index is -4.09. The van der Waals surface area contributed by atoms with Gasteiger partial charge in [0.2, 0.25) is 0 Å². The molecule has 8 heteroatoms. The van der Waals surface area contributed by atoms with Crippen LogP contribution in [0, 0.1) is 0 Å². The minimum Gasteiger partial charge on any atom is -0.289 e. The number of hydrogen-bond donors (Lipinski definition) is 2. The molecule has 6 nitrogen and oxygen atoms in total. The number of benzene rings is 3. The topological polar surface area (TPSA) is 86.7 Å². The molecule has 27 heavy (non-hydrogen) atoms. The highest BCUT2D eigenvalue weighted by molar-refractivity contribution is 7.93. The number of hydroxylamine groups is 1. The fourth-order valence-corrected chi connectivity index (χ4v) is 4.58. The van der Waals surface area contributed by atoms with Crippen LogP contribution in [0.15, 0.2) is 71.6 Å². The van der Waals surface area contributed by atoms with Crippen LogP contribution in [0.4, 0.5) is 5.69 Å². The molecule has 3 aromatic rings. The standard InChI is InChI=1S/C19H17ClN2O4S/c1-13(19(23)21-24)22(17-9-7-16(20)8-10-17)27(25,26)18-11-6-14-4-2-3-5-15(14)12-18/h2-13,24H,1H3,(H,21,23)/t13-/m0/s1. The van der Waals surface area contributed by atoms with Crippen LogP contribution >= 0.6 is 11.6 Å². The van der Waals surface area contributed by atoms with E-state index in [1.165, 1.54) is 42.7 Å². The molecule has 3 rings (SSSR count). The van der Waals surface area contributed by atoms with Crippen molar-refractivity contribution in [1.82, 2.24) is 5.48 Å². The fourth-order valence-electron chi connectivity index (χ4n) is 2.80. The predicted molar refractivity (Wildman–Crippen MR) is 104 cm³/mol. The van der Waals surface area contributed by atoms with Crippen molar-refractivity contribution in [2.24, 2.45) is 0 Å². The second-order valence-electron chi connectivity index (χ2n) is 5.94. The number of hydrogen-bond acceptors (Lipinski definition) is 4. The van der Waals surface area contributed by atoms with Crippen molar-refractivity contribution in [3.05, 3.63) is 71.8 Å². The Hall–Kier alpha value is -2.61. The molecule has 0 aliphatic rings. The molecule has 0 spiro atoms. The quantitative estimate of drug-likeness (QED) is 0.502. The van der Waals surface area contributed by atoms with E-state index in [2.05, 4.69) is 0 Å². The number of amides is 1. The number of nitrogens with zero attached hydrogens (tertiary/aromatic N) is 1. The van der Waals surface area contributed by atoms with Crippen LogP contribution < -0.4 is 9.79 Å². The number of rotatable bonds is 5. The van der Waals surface area contributed by atoms with Crippen molar-refractivity contribution >= 4 is 44.0 Å². The minimum absolute atomic E-state index is 0.0359. The molecule has 0 heterocycles. The molecule has 0 saturated heterocycles. The highest BCUT2D eigenvalue weighted by Crippen LogP contribution is 2.29. The van der Waals surface area contributed by atoms with Gasteiger partial charge in [-0.1, -0.05) is 41.9 Å². The van der Waals surface area contributed by atoms with E-state index in [9.17, 15) is 13.2 Å². The van der Waals surface area contributed by atoms with Crippen molar-refractivity contribution in [1.29, 1.82) is 0 Å². The lowest BCUT2D eigenvalue weighted by Gasteiger charge is -2.29. The van der Waals surface area contributed by atoms with Crippen molar-refractivity contribution < 1.29 is 18.4 Å². The lowest BCUT2D eigenvalue weighted by Crippen LogP contribution is -2.47. The largest absolute Gasteiger partial charge is 0.289 e. The van der Waals surface area contributed by atoms with Crippen LogP contribution in [0.5, 0.6) is 0 Å². The van der Waals surface area contributed by atoms with Crippen LogP contribution in [-0.2, 0) is 14.8 Å². The third-order valence-corrected chi connectivity index (χ3v) is 6.35. The van der Waals surface area contributed by atoms with Gasteiger partial charge in [-0.3, -0.25) is 14.3 Å². The molecule has 1 amide bonds. The number of anilines is 1. The van der Waals surface area contributed by atoms with Crippen molar-refractivity contribution in [3.8, 4) is 0 Å². The summed E-state index contributed by atoms with van der Waals surface area (Å²) in [5, 5.41) is 11.1. The second kappa shape index (κ2) is 7.56. The fraction of sp³-hybridized carbons (Fsp3) is 0.105. The summed E-state index contributed by atoms with van der Waals surface area (Å²) >= 11 is 5.90. The van der Waals surface area contributed by atoms with E-state index in [-0.39, 0.29) is 10.6 Å². The van der Waals surface area contributed by atoms with E-state index in [1.807, 2.05) is 24.3 Å². The van der Waals surface area contributed by atoms with Gasteiger partial charge in [0.05, 0.1) is 10.6 Å². The van der Waals surface area contributed by atoms with E-state index < -0.39 is 22.0 Å². The summed E-state index contributed by atoms with van der Waals surface area (Å²) in [5.74, 6) is -0.852. The van der Waals surface area contributed by atoms with Crippen molar-refractivity contribution in [2.75, 3.05) is 4.31 Å². The molecule has 0 aliphatic heterocycles. The SMILES string of the molecule is C[C@@H](C(=O)NO)N(c1ccc(Cl)cc1)S(=O)(=O)c1ccc2ccccc2c1. The number of halogens is 1. The van der Waals surface area contributed by atoms with Gasteiger partial charge in [-0.15, -0.1) is 0 Å². The molecule has 0 saturated carbocycles. The number of carbonyl (C=O) groups excluding carboxylic acids is 1. The second-order valence-corrected chi connectivity index (χ2v) is 8.19. The van der Waals surface area contributed by atoms with Gasteiger partial charge < -0.3 is 0 Å². The highest BCUT2D eigenvalue weighted by Gasteiger charge is 2.33. The summed E-state index contributed by atoms with van der Waals surface area (Å²) in [7, 11) is -4.09. The van der Waals surface area contributed by atoms with E-state index in [0.29, 0.717) is 5.02 Å². The summed E-state index contributed by atoms with van der Waals surface area (Å²) in [6.07, 6.45) is 0. The maximum atomic E-state index is 13.4. The summed E-state index contributed by atoms with van der Waals surface area (Å²) < 4.78 is 27.7. The van der Waals surface area contributed by atoms with E-state index >= 15 is 0 Å². The Labute approximate surface area is 162 Å². The first-order valence-electron chi connectivity index (χ1n) is 8.07. The first kappa shape index (κ1) is 19.2. The smallest absolute Gasteiger partial charge is 0.266 e. The third kappa shape index (κ3) is 3.75. The molecule has 1 atom stereocenters. The normalized spacial score (nSPS) is 12.6. The first-order valence-corrected chi connectivity index (χ1v) is 9.89. The molecular formula is C19H17ClN2O4S. The Morgan fingerprint density at radius 1 is 1.04 bits per heavy atom. The molecule has 140 valence electrons. The van der Waals surface area contributed by atoms with Gasteiger partial charge in [0, 0.05) is 5.02 Å². The maximum Gasteiger partial charge on any atom is 0.266 e. The Bertz CT molecular complexity index is 1080. The Morgan fingerprint density at radius 2 is 1.67 bits per heavy atom. The Balaban J connectivity index is 2.16. The van der Waals surface area contributed by atoms with Crippen LogP contribution in [0.25, 0.3) is 10.8 Å². The van der Waals surface area contributed by atoms with Crippen LogP contribution in [-0.4, -0.2) is 25.6 Å². The number of fused-ring (bicyclic) bond motifs is 1. The van der Waals surface area contributed by atoms with Crippen LogP contribution in [0.2, 0.25) is 5.02 Å². The monoisotopic (exact) mass is 404 g/mol. The average molecular weight is 405 g/mol. The van der Waals surface area contributed by atoms with Crippen molar-refractivity contribution in [2.45, 2.75) is 17.9 Å². The predicted octanol–water partition coefficient (Wildman–Crippen LogP) is 3.58. The van der Waals surface area contributed by atoms with Gasteiger partial charge in [-0.2, -0.15) is 0 Å². The van der Waals surface area contributed by atoms with E-state index in [4.69, 9.17) is 16.8 Å². The van der Waals surface area contributed by atoms with Crippen LogP contribution in [0.3, 0.4) is 0 Å². The number of sulfonamides is 1. The van der Waals surface area contributed by atoms with Crippen molar-refractivity contribution in [3.63, 3.8) is 0 Å². The van der Waals surface area contributed by atoms with Gasteiger partial charge >= 0.3 is 0 Å². The lowest BCUT2D eigenvalue weighted by atomic mass is 10.1. The Morgan fingerprint density at radius 3 is 2.30 bits per heavy atom. The lowest BCUT2D eigenvalue weighted by molar-refractivity contribution is -0.129. The number of nitrogens with one attached hydrogen (secondary N) is 1. The Kier molecular flexibility index (Phi) is 5.36. The molecule has 0 unspecified atom stereocenters. The van der Waals surface area contributed by atoms with Gasteiger partial charge in [-0.05, 0) is 54.1 Å². The van der Waals surface area contributed by atoms with Gasteiger partial charge in [0.15, 0.2) is 0 Å². The molecule has 0 bridgehead atoms. The van der Waals surface area contributed by atoms with E-state index in [0.717, 1.165) is 15.1 Å². The zero-order valence-corrected chi connectivity index (χ0v) is 15.9. The molecule has 2 N–H and O–H groups in total. The molecule has 0 aliphatic carbocycles. The molecular weight excluding hydrogens is 388 g/mol. The van der Waals surface area contributed by atoms with Gasteiger partial charge in [0.25, 0.3) is 15.9 Å². The summed E-state index contributed by atoms with van der Waals surface area (Å²) in [6, 6.07) is 17.0. The summed E-state index contributed by atoms with van der Waals surface area (Å²) in [6.45, 7) is 1.39. The molecule has 0 fully saturated rings. The molecule has 3 aromatic carbocycles. The molecule has 0 radical (unpaired) electrons. The van der Waals surface area contributed by atoms with Gasteiger partial charge in [0.1, 0.15) is 6.04 Å². The van der Waals surface area contributed by atoms with Crippen LogP contribution in [0.1, 0.15) is 6.92 Å². The zero-order chi connectivity index (χ0) is 19.6. The molecule has 0 aromatic heterocycles. The summed E-state index contributed by atoms with van der Waals surface area (Å²) in [5.41, 5.74) is 1.76. The first-order chi connectivity index (χ1) is 12.8. The number of carbonyl (C=O) groups is 1. The highest BCUT2D eigenvalue weighted by atomic mass is 35.5. The third-order valence-electron chi connectivity index (χ3n) is 4.20. The maximum absolute atomic E-state index is 13.4. The van der Waals surface area contributed by atoms with E-state index in [1.54, 1.807) is 12.1 Å². The summed E-state index contributed by atoms with van der Waals surface area (Å²) in [4.78, 5) is 12.0. The zero-order valence-electron chi connectivity index (χ0n) is 14.3.